The van der Waals surface area contributed by atoms with Gasteiger partial charge >= 0.3 is 0 Å². The molecule has 0 saturated carbocycles. The molecule has 1 aromatic carbocycles. The summed E-state index contributed by atoms with van der Waals surface area (Å²) in [6.45, 7) is 3.48. The van der Waals surface area contributed by atoms with Crippen molar-refractivity contribution in [3.8, 4) is 0 Å². The molecule has 1 saturated heterocycles. The standard InChI is InChI=1S/C13H18ClN3O3.C6H4ClF/c14-11-2-1-4-17(13(11)19)8-12(18)16-7-10-6-15-3-5-20-9-10;7-5-3-1-2-4-6(5)8/h1-2,4,10,15H,3,5-9H2,(H,16,18);1-4H. The zero-order valence-electron chi connectivity index (χ0n) is 15.2. The average molecular weight is 430 g/mol. The minimum Gasteiger partial charge on any atom is -0.380 e. The fourth-order valence-corrected chi connectivity index (χ4v) is 2.75. The molecule has 1 fully saturated rings. The molecule has 3 rings (SSSR count). The SMILES string of the molecule is Fc1ccccc1Cl.O=C(Cn1cccc(Cl)c1=O)NCC1CNCCOC1. The van der Waals surface area contributed by atoms with Gasteiger partial charge in [-0.3, -0.25) is 9.59 Å². The number of halogens is 3. The zero-order chi connectivity index (χ0) is 20.4. The summed E-state index contributed by atoms with van der Waals surface area (Å²) in [5, 5.41) is 6.34. The Labute approximate surface area is 172 Å². The van der Waals surface area contributed by atoms with E-state index >= 15 is 0 Å². The van der Waals surface area contributed by atoms with Crippen LogP contribution in [0.1, 0.15) is 0 Å². The molecule has 2 N–H and O–H groups in total. The van der Waals surface area contributed by atoms with E-state index < -0.39 is 0 Å². The van der Waals surface area contributed by atoms with E-state index in [1.54, 1.807) is 24.4 Å². The third-order valence-corrected chi connectivity index (χ3v) is 4.50. The first-order valence-electron chi connectivity index (χ1n) is 8.77. The van der Waals surface area contributed by atoms with Crippen LogP contribution in [0.5, 0.6) is 0 Å². The van der Waals surface area contributed by atoms with E-state index in [2.05, 4.69) is 10.6 Å². The van der Waals surface area contributed by atoms with Crippen LogP contribution in [0.4, 0.5) is 4.39 Å². The highest BCUT2D eigenvalue weighted by Crippen LogP contribution is 2.11. The number of ether oxygens (including phenoxy) is 1. The van der Waals surface area contributed by atoms with E-state index in [1.165, 1.54) is 22.8 Å². The minimum absolute atomic E-state index is 0.0274. The average Bonchev–Trinajstić information content (AvgIpc) is 2.96. The summed E-state index contributed by atoms with van der Waals surface area (Å²) in [5.41, 5.74) is -0.358. The van der Waals surface area contributed by atoms with Crippen LogP contribution in [0, 0.1) is 11.7 Å². The summed E-state index contributed by atoms with van der Waals surface area (Å²) in [6.07, 6.45) is 1.55. The van der Waals surface area contributed by atoms with Crippen LogP contribution in [0.2, 0.25) is 10.0 Å². The maximum absolute atomic E-state index is 12.2. The van der Waals surface area contributed by atoms with Crippen molar-refractivity contribution in [3.63, 3.8) is 0 Å². The quantitative estimate of drug-likeness (QED) is 0.781. The van der Waals surface area contributed by atoms with E-state index in [-0.39, 0.29) is 39.8 Å². The molecule has 2 aromatic rings. The topological polar surface area (TPSA) is 72.4 Å². The van der Waals surface area contributed by atoms with Crippen molar-refractivity contribution >= 4 is 29.1 Å². The van der Waals surface area contributed by atoms with Gasteiger partial charge in [0.1, 0.15) is 17.4 Å². The van der Waals surface area contributed by atoms with Crippen LogP contribution in [0.15, 0.2) is 47.4 Å². The number of nitrogens with zero attached hydrogens (tertiary/aromatic N) is 1. The summed E-state index contributed by atoms with van der Waals surface area (Å²) in [6, 6.07) is 9.26. The third kappa shape index (κ3) is 7.59. The summed E-state index contributed by atoms with van der Waals surface area (Å²) in [7, 11) is 0. The first kappa shape index (κ1) is 22.4. The number of hydrogen-bond acceptors (Lipinski definition) is 4. The van der Waals surface area contributed by atoms with E-state index in [0.29, 0.717) is 19.8 Å². The molecule has 1 unspecified atom stereocenters. The zero-order valence-corrected chi connectivity index (χ0v) is 16.7. The molecule has 1 atom stereocenters. The highest BCUT2D eigenvalue weighted by molar-refractivity contribution is 6.30. The van der Waals surface area contributed by atoms with Gasteiger partial charge in [0.25, 0.3) is 5.56 Å². The predicted molar refractivity (Wildman–Crippen MR) is 107 cm³/mol. The van der Waals surface area contributed by atoms with Crippen LogP contribution >= 0.6 is 23.2 Å². The van der Waals surface area contributed by atoms with Gasteiger partial charge in [-0.05, 0) is 24.3 Å². The molecule has 0 spiro atoms. The first-order valence-corrected chi connectivity index (χ1v) is 9.53. The van der Waals surface area contributed by atoms with E-state index in [4.69, 9.17) is 27.9 Å². The van der Waals surface area contributed by atoms with Crippen molar-refractivity contribution in [3.05, 3.63) is 68.8 Å². The highest BCUT2D eigenvalue weighted by atomic mass is 35.5. The van der Waals surface area contributed by atoms with Gasteiger partial charge in [-0.25, -0.2) is 4.39 Å². The number of nitrogens with one attached hydrogen (secondary N) is 2. The molecule has 28 heavy (non-hydrogen) atoms. The second-order valence-corrected chi connectivity index (χ2v) is 6.97. The molecular weight excluding hydrogens is 408 g/mol. The highest BCUT2D eigenvalue weighted by Gasteiger charge is 2.14. The fourth-order valence-electron chi connectivity index (χ4n) is 2.43. The molecule has 6 nitrogen and oxygen atoms in total. The maximum Gasteiger partial charge on any atom is 0.269 e. The molecule has 0 aliphatic carbocycles. The van der Waals surface area contributed by atoms with Crippen molar-refractivity contribution < 1.29 is 13.9 Å². The summed E-state index contributed by atoms with van der Waals surface area (Å²) < 4.78 is 18.9. The number of rotatable bonds is 4. The van der Waals surface area contributed by atoms with Crippen LogP contribution in [0.3, 0.4) is 0 Å². The van der Waals surface area contributed by atoms with Gasteiger partial charge in [-0.2, -0.15) is 0 Å². The lowest BCUT2D eigenvalue weighted by Crippen LogP contribution is -2.38. The Morgan fingerprint density at radius 2 is 2.00 bits per heavy atom. The van der Waals surface area contributed by atoms with Crippen molar-refractivity contribution in [2.45, 2.75) is 6.54 Å². The molecular formula is C19H22Cl2FN3O3. The monoisotopic (exact) mass is 429 g/mol. The summed E-state index contributed by atoms with van der Waals surface area (Å²) >= 11 is 11.1. The van der Waals surface area contributed by atoms with Gasteiger partial charge in [0.2, 0.25) is 5.91 Å². The molecule has 0 bridgehead atoms. The number of amides is 1. The third-order valence-electron chi connectivity index (χ3n) is 3.91. The Morgan fingerprint density at radius 3 is 2.71 bits per heavy atom. The lowest BCUT2D eigenvalue weighted by atomic mass is 10.1. The maximum atomic E-state index is 12.2. The summed E-state index contributed by atoms with van der Waals surface area (Å²) in [4.78, 5) is 23.5. The van der Waals surface area contributed by atoms with Gasteiger partial charge in [0.15, 0.2) is 0 Å². The van der Waals surface area contributed by atoms with E-state index in [1.807, 2.05) is 0 Å². The number of carbonyl (C=O) groups is 1. The van der Waals surface area contributed by atoms with Crippen LogP contribution in [0.25, 0.3) is 0 Å². The molecule has 1 aromatic heterocycles. The summed E-state index contributed by atoms with van der Waals surface area (Å²) in [5.74, 6) is -0.328. The Hall–Kier alpha value is -1.93. The number of aromatic nitrogens is 1. The lowest BCUT2D eigenvalue weighted by molar-refractivity contribution is -0.121. The predicted octanol–water partition coefficient (Wildman–Crippen LogP) is 2.33. The smallest absolute Gasteiger partial charge is 0.269 e. The Kier molecular flexibility index (Phi) is 9.43. The van der Waals surface area contributed by atoms with Gasteiger partial charge < -0.3 is 19.9 Å². The van der Waals surface area contributed by atoms with Gasteiger partial charge in [0, 0.05) is 31.7 Å². The van der Waals surface area contributed by atoms with Crippen molar-refractivity contribution in [2.24, 2.45) is 5.92 Å². The number of carbonyl (C=O) groups excluding carboxylic acids is 1. The molecule has 2 heterocycles. The molecule has 1 aliphatic rings. The molecule has 1 amide bonds. The van der Waals surface area contributed by atoms with E-state index in [0.717, 1.165) is 13.1 Å². The molecule has 0 radical (unpaired) electrons. The van der Waals surface area contributed by atoms with E-state index in [9.17, 15) is 14.0 Å². The Bertz CT molecular complexity index is 803. The van der Waals surface area contributed by atoms with Crippen molar-refractivity contribution in [1.29, 1.82) is 0 Å². The number of benzene rings is 1. The Morgan fingerprint density at radius 1 is 1.25 bits per heavy atom. The largest absolute Gasteiger partial charge is 0.380 e. The second-order valence-electron chi connectivity index (χ2n) is 6.15. The van der Waals surface area contributed by atoms with Crippen LogP contribution in [-0.2, 0) is 16.1 Å². The Balaban J connectivity index is 0.000000292. The molecule has 1 aliphatic heterocycles. The number of pyridine rings is 1. The first-order chi connectivity index (χ1) is 13.5. The number of hydrogen-bond donors (Lipinski definition) is 2. The molecule has 9 heteroatoms. The normalized spacial score (nSPS) is 16.5. The lowest BCUT2D eigenvalue weighted by Gasteiger charge is -2.15. The van der Waals surface area contributed by atoms with Crippen molar-refractivity contribution in [2.75, 3.05) is 32.8 Å². The van der Waals surface area contributed by atoms with Gasteiger partial charge in [-0.15, -0.1) is 0 Å². The van der Waals surface area contributed by atoms with Crippen LogP contribution in [-0.4, -0.2) is 43.3 Å². The van der Waals surface area contributed by atoms with Crippen LogP contribution < -0.4 is 16.2 Å². The van der Waals surface area contributed by atoms with Gasteiger partial charge in [0.05, 0.1) is 18.2 Å². The molecule has 152 valence electrons. The van der Waals surface area contributed by atoms with Crippen molar-refractivity contribution in [1.82, 2.24) is 15.2 Å². The second kappa shape index (κ2) is 11.8. The fraction of sp³-hybridized carbons (Fsp3) is 0.368. The minimum atomic E-state index is -0.367. The van der Waals surface area contributed by atoms with Gasteiger partial charge in [-0.1, -0.05) is 35.3 Å².